The predicted molar refractivity (Wildman–Crippen MR) is 79.0 cm³/mol. The van der Waals surface area contributed by atoms with Crippen LogP contribution in [0.1, 0.15) is 11.1 Å². The highest BCUT2D eigenvalue weighted by Gasteiger charge is 2.19. The molecule has 5 heteroatoms. The topological polar surface area (TPSA) is 63.4 Å². The fourth-order valence-corrected chi connectivity index (χ4v) is 2.05. The number of hydrogen-bond donors (Lipinski definition) is 0. The second-order valence-electron chi connectivity index (χ2n) is 4.71. The molecule has 108 valence electrons. The number of nitro groups is 1. The monoisotopic (exact) mass is 284 g/mol. The van der Waals surface area contributed by atoms with E-state index >= 15 is 0 Å². The largest absolute Gasteiger partial charge is 0.328 e. The first kappa shape index (κ1) is 14.7. The van der Waals surface area contributed by atoms with Gasteiger partial charge < -0.3 is 4.90 Å². The second kappa shape index (κ2) is 7.19. The van der Waals surface area contributed by atoms with Crippen molar-refractivity contribution in [3.63, 3.8) is 0 Å². The Morgan fingerprint density at radius 1 is 0.905 bits per heavy atom. The third kappa shape index (κ3) is 4.72. The lowest BCUT2D eigenvalue weighted by molar-refractivity contribution is -0.469. The van der Waals surface area contributed by atoms with Gasteiger partial charge in [0.1, 0.15) is 0 Å². The van der Waals surface area contributed by atoms with Gasteiger partial charge in [-0.15, -0.1) is 0 Å². The van der Waals surface area contributed by atoms with Crippen molar-refractivity contribution < 1.29 is 9.72 Å². The summed E-state index contributed by atoms with van der Waals surface area (Å²) in [6.45, 7) is 0.0461. The molecule has 0 unspecified atom stereocenters. The summed E-state index contributed by atoms with van der Waals surface area (Å²) in [6, 6.07) is 18.9. The number of carbonyl (C=O) groups excluding carboxylic acids is 1. The van der Waals surface area contributed by atoms with Crippen molar-refractivity contribution in [2.24, 2.45) is 0 Å². The van der Waals surface area contributed by atoms with Gasteiger partial charge in [-0.3, -0.25) is 14.9 Å². The lowest BCUT2D eigenvalue weighted by Crippen LogP contribution is -2.34. The van der Waals surface area contributed by atoms with E-state index in [1.807, 2.05) is 60.7 Å². The zero-order valence-corrected chi connectivity index (χ0v) is 11.5. The van der Waals surface area contributed by atoms with E-state index in [1.165, 1.54) is 4.90 Å². The molecule has 21 heavy (non-hydrogen) atoms. The molecule has 0 heterocycles. The van der Waals surface area contributed by atoms with Gasteiger partial charge in [0.15, 0.2) is 0 Å². The van der Waals surface area contributed by atoms with Gasteiger partial charge in [-0.2, -0.15) is 0 Å². The molecule has 0 fully saturated rings. The highest BCUT2D eigenvalue weighted by atomic mass is 16.6. The number of nitrogens with zero attached hydrogens (tertiary/aromatic N) is 2. The van der Waals surface area contributed by atoms with Gasteiger partial charge in [0.2, 0.25) is 0 Å². The van der Waals surface area contributed by atoms with Crippen molar-refractivity contribution in [2.45, 2.75) is 13.1 Å². The first-order chi connectivity index (χ1) is 10.1. The second-order valence-corrected chi connectivity index (χ2v) is 4.71. The first-order valence-electron chi connectivity index (χ1n) is 6.62. The summed E-state index contributed by atoms with van der Waals surface area (Å²) in [5, 5.41) is 10.6. The van der Waals surface area contributed by atoms with Gasteiger partial charge in [-0.1, -0.05) is 60.7 Å². The summed E-state index contributed by atoms with van der Waals surface area (Å²) in [4.78, 5) is 23.5. The maximum atomic E-state index is 12.0. The molecule has 0 radical (unpaired) electrons. The van der Waals surface area contributed by atoms with Crippen LogP contribution in [0.15, 0.2) is 60.7 Å². The molecule has 0 aromatic heterocycles. The molecule has 0 aliphatic heterocycles. The van der Waals surface area contributed by atoms with Crippen molar-refractivity contribution in [1.82, 2.24) is 4.90 Å². The zero-order valence-electron chi connectivity index (χ0n) is 11.5. The Kier molecular flexibility index (Phi) is 5.04. The molecule has 2 aromatic carbocycles. The molecule has 5 nitrogen and oxygen atoms in total. The van der Waals surface area contributed by atoms with Gasteiger partial charge in [-0.05, 0) is 11.1 Å². The molecule has 1 amide bonds. The Balaban J connectivity index is 2.13. The van der Waals surface area contributed by atoms with Crippen molar-refractivity contribution in [3.05, 3.63) is 81.9 Å². The van der Waals surface area contributed by atoms with Crippen LogP contribution in [0.5, 0.6) is 0 Å². The standard InChI is InChI=1S/C16H16N2O3/c19-16(13-18(20)21)17(11-14-7-3-1-4-8-14)12-15-9-5-2-6-10-15/h1-10H,11-13H2. The van der Waals surface area contributed by atoms with Crippen LogP contribution in [0.4, 0.5) is 0 Å². The van der Waals surface area contributed by atoms with Gasteiger partial charge in [0.05, 0.1) is 0 Å². The normalized spacial score (nSPS) is 10.1. The number of hydrogen-bond acceptors (Lipinski definition) is 3. The third-order valence-corrected chi connectivity index (χ3v) is 3.05. The maximum absolute atomic E-state index is 12.0. The quantitative estimate of drug-likeness (QED) is 0.604. The minimum atomic E-state index is -0.681. The minimum absolute atomic E-state index is 0.363. The molecule has 0 aliphatic rings. The average Bonchev–Trinajstić information content (AvgIpc) is 2.48. The van der Waals surface area contributed by atoms with Gasteiger partial charge in [0, 0.05) is 18.0 Å². The fourth-order valence-electron chi connectivity index (χ4n) is 2.05. The van der Waals surface area contributed by atoms with E-state index in [4.69, 9.17) is 0 Å². The van der Waals surface area contributed by atoms with Crippen LogP contribution in [-0.2, 0) is 17.9 Å². The van der Waals surface area contributed by atoms with Crippen LogP contribution < -0.4 is 0 Å². The summed E-state index contributed by atoms with van der Waals surface area (Å²) in [5.74, 6) is -0.479. The van der Waals surface area contributed by atoms with E-state index < -0.39 is 17.4 Å². The minimum Gasteiger partial charge on any atom is -0.328 e. The van der Waals surface area contributed by atoms with E-state index in [1.54, 1.807) is 0 Å². The summed E-state index contributed by atoms with van der Waals surface area (Å²) >= 11 is 0. The molecule has 0 N–H and O–H groups in total. The van der Waals surface area contributed by atoms with Crippen molar-refractivity contribution in [2.75, 3.05) is 6.54 Å². The van der Waals surface area contributed by atoms with Crippen molar-refractivity contribution >= 4 is 5.91 Å². The number of amides is 1. The average molecular weight is 284 g/mol. The summed E-state index contributed by atoms with van der Waals surface area (Å²) < 4.78 is 0. The molecule has 0 saturated heterocycles. The molecule has 0 atom stereocenters. The van der Waals surface area contributed by atoms with Gasteiger partial charge in [-0.25, -0.2) is 0 Å². The third-order valence-electron chi connectivity index (χ3n) is 3.05. The summed E-state index contributed by atoms with van der Waals surface area (Å²) in [6.07, 6.45) is 0. The highest BCUT2D eigenvalue weighted by Crippen LogP contribution is 2.10. The maximum Gasteiger partial charge on any atom is 0.294 e. The van der Waals surface area contributed by atoms with Crippen LogP contribution in [0, 0.1) is 10.1 Å². The van der Waals surface area contributed by atoms with E-state index in [0.29, 0.717) is 13.1 Å². The molecule has 0 spiro atoms. The van der Waals surface area contributed by atoms with Crippen LogP contribution in [-0.4, -0.2) is 22.3 Å². The van der Waals surface area contributed by atoms with E-state index in [2.05, 4.69) is 0 Å². The molecule has 0 aliphatic carbocycles. The van der Waals surface area contributed by atoms with E-state index in [0.717, 1.165) is 11.1 Å². The first-order valence-corrected chi connectivity index (χ1v) is 6.62. The Bertz CT molecular complexity index is 558. The van der Waals surface area contributed by atoms with E-state index in [-0.39, 0.29) is 0 Å². The Labute approximate surface area is 123 Å². The molecular weight excluding hydrogens is 268 g/mol. The van der Waals surface area contributed by atoms with Crippen LogP contribution in [0.2, 0.25) is 0 Å². The molecular formula is C16H16N2O3. The Morgan fingerprint density at radius 2 is 1.33 bits per heavy atom. The molecule has 2 aromatic rings. The SMILES string of the molecule is O=C(C[N+](=O)[O-])N(Cc1ccccc1)Cc1ccccc1. The van der Waals surface area contributed by atoms with Crippen molar-refractivity contribution in [1.29, 1.82) is 0 Å². The van der Waals surface area contributed by atoms with Crippen LogP contribution in [0.3, 0.4) is 0 Å². The van der Waals surface area contributed by atoms with E-state index in [9.17, 15) is 14.9 Å². The number of rotatable bonds is 6. The number of carbonyl (C=O) groups is 1. The Morgan fingerprint density at radius 3 is 1.71 bits per heavy atom. The fraction of sp³-hybridized carbons (Fsp3) is 0.188. The predicted octanol–water partition coefficient (Wildman–Crippen LogP) is 2.49. The molecule has 0 bridgehead atoms. The lowest BCUT2D eigenvalue weighted by atomic mass is 10.1. The number of benzene rings is 2. The lowest BCUT2D eigenvalue weighted by Gasteiger charge is -2.21. The van der Waals surface area contributed by atoms with Crippen molar-refractivity contribution in [3.8, 4) is 0 Å². The zero-order chi connectivity index (χ0) is 15.1. The van der Waals surface area contributed by atoms with Crippen LogP contribution >= 0.6 is 0 Å². The van der Waals surface area contributed by atoms with Crippen LogP contribution in [0.25, 0.3) is 0 Å². The smallest absolute Gasteiger partial charge is 0.294 e. The summed E-state index contributed by atoms with van der Waals surface area (Å²) in [5.41, 5.74) is 1.90. The van der Waals surface area contributed by atoms with Gasteiger partial charge in [0.25, 0.3) is 12.5 Å². The molecule has 2 rings (SSSR count). The molecule has 0 saturated carbocycles. The highest BCUT2D eigenvalue weighted by molar-refractivity contribution is 5.77. The van der Waals surface area contributed by atoms with Gasteiger partial charge >= 0.3 is 0 Å². The summed E-state index contributed by atoms with van der Waals surface area (Å²) in [7, 11) is 0. The Hall–Kier alpha value is -2.69.